The molecule has 0 bridgehead atoms. The summed E-state index contributed by atoms with van der Waals surface area (Å²) in [6.45, 7) is 4.68. The van der Waals surface area contributed by atoms with Crippen molar-refractivity contribution in [1.82, 2.24) is 0 Å². The molecule has 0 aliphatic heterocycles. The summed E-state index contributed by atoms with van der Waals surface area (Å²) in [7, 11) is 0. The highest BCUT2D eigenvalue weighted by Gasteiger charge is 2.23. The van der Waals surface area contributed by atoms with E-state index in [0.29, 0.717) is 0 Å². The summed E-state index contributed by atoms with van der Waals surface area (Å²) in [6, 6.07) is 3.48. The summed E-state index contributed by atoms with van der Waals surface area (Å²) < 4.78 is 9.78. The van der Waals surface area contributed by atoms with Gasteiger partial charge in [0.1, 0.15) is 5.02 Å². The Labute approximate surface area is 125 Å². The molecule has 0 spiro atoms. The highest BCUT2D eigenvalue weighted by molar-refractivity contribution is 6.32. The maximum absolute atomic E-state index is 11.8. The highest BCUT2D eigenvalue weighted by Crippen LogP contribution is 2.25. The number of rotatable bonds is 5. The molecule has 0 aliphatic carbocycles. The van der Waals surface area contributed by atoms with Crippen LogP contribution in [0.3, 0.4) is 0 Å². The molecule has 21 heavy (non-hydrogen) atoms. The largest absolute Gasteiger partial charge is 0.460 e. The molecule has 0 unspecified atom stereocenters. The number of hydrogen-bond acceptors (Lipinski definition) is 6. The van der Waals surface area contributed by atoms with Gasteiger partial charge in [0.2, 0.25) is 0 Å². The number of benzene rings is 1. The lowest BCUT2D eigenvalue weighted by atomic mass is 10.2. The van der Waals surface area contributed by atoms with Gasteiger partial charge in [-0.1, -0.05) is 11.6 Å². The first-order valence-electron chi connectivity index (χ1n) is 6.07. The van der Waals surface area contributed by atoms with Crippen molar-refractivity contribution in [1.29, 1.82) is 0 Å². The fourth-order valence-corrected chi connectivity index (χ4v) is 1.57. The molecule has 114 valence electrons. The second-order valence-electron chi connectivity index (χ2n) is 4.46. The second-order valence-corrected chi connectivity index (χ2v) is 4.86. The van der Waals surface area contributed by atoms with Crippen molar-refractivity contribution in [2.75, 3.05) is 0 Å². The van der Waals surface area contributed by atoms with Gasteiger partial charge < -0.3 is 9.47 Å². The third-order valence-corrected chi connectivity index (χ3v) is 2.67. The van der Waals surface area contributed by atoms with Crippen LogP contribution in [0.25, 0.3) is 0 Å². The highest BCUT2D eigenvalue weighted by atomic mass is 35.5. The number of halogens is 1. The summed E-state index contributed by atoms with van der Waals surface area (Å²) >= 11 is 5.64. The molecule has 0 aromatic heterocycles. The molecule has 7 nitrogen and oxygen atoms in total. The first kappa shape index (κ1) is 16.9. The molecule has 1 rings (SSSR count). The fourth-order valence-electron chi connectivity index (χ4n) is 1.38. The molecule has 1 aromatic carbocycles. The van der Waals surface area contributed by atoms with Crippen LogP contribution >= 0.6 is 11.6 Å². The Balaban J connectivity index is 2.83. The second kappa shape index (κ2) is 7.03. The smallest absolute Gasteiger partial charge is 0.347 e. The van der Waals surface area contributed by atoms with Crippen molar-refractivity contribution in [2.45, 2.75) is 33.0 Å². The molecule has 0 amide bonds. The van der Waals surface area contributed by atoms with Crippen LogP contribution in [-0.4, -0.2) is 29.1 Å². The third kappa shape index (κ3) is 4.71. The van der Waals surface area contributed by atoms with E-state index in [1.807, 2.05) is 0 Å². The van der Waals surface area contributed by atoms with E-state index in [2.05, 4.69) is 0 Å². The van der Waals surface area contributed by atoms with E-state index in [4.69, 9.17) is 21.1 Å². The number of nitrogens with zero attached hydrogens (tertiary/aromatic N) is 1. The van der Waals surface area contributed by atoms with Gasteiger partial charge in [0.15, 0.2) is 6.10 Å². The van der Waals surface area contributed by atoms with Crippen LogP contribution in [0, 0.1) is 10.1 Å². The topological polar surface area (TPSA) is 95.7 Å². The Hall–Kier alpha value is -2.15. The average Bonchev–Trinajstić information content (AvgIpc) is 2.37. The van der Waals surface area contributed by atoms with Crippen molar-refractivity contribution in [3.63, 3.8) is 0 Å². The summed E-state index contributed by atoms with van der Waals surface area (Å²) in [5, 5.41) is 10.6. The van der Waals surface area contributed by atoms with Crippen molar-refractivity contribution >= 4 is 29.2 Å². The molecular weight excluding hydrogens is 302 g/mol. The molecule has 8 heteroatoms. The minimum atomic E-state index is -1.12. The molecule has 0 saturated heterocycles. The average molecular weight is 316 g/mol. The minimum absolute atomic E-state index is 0.0738. The van der Waals surface area contributed by atoms with Crippen LogP contribution in [0.2, 0.25) is 5.02 Å². The fraction of sp³-hybridized carbons (Fsp3) is 0.385. The monoisotopic (exact) mass is 315 g/mol. The normalized spacial score (nSPS) is 11.9. The van der Waals surface area contributed by atoms with Crippen molar-refractivity contribution in [2.24, 2.45) is 0 Å². The van der Waals surface area contributed by atoms with E-state index < -0.39 is 28.7 Å². The SMILES string of the molecule is CC(C)OC(=O)[C@H](C)OC(=O)c1ccc(Cl)c([N+](=O)[O-])c1. The first-order valence-corrected chi connectivity index (χ1v) is 6.45. The molecule has 0 radical (unpaired) electrons. The van der Waals surface area contributed by atoms with E-state index in [9.17, 15) is 19.7 Å². The van der Waals surface area contributed by atoms with Gasteiger partial charge in [-0.3, -0.25) is 10.1 Å². The van der Waals surface area contributed by atoms with E-state index in [1.54, 1.807) is 13.8 Å². The number of carbonyl (C=O) groups is 2. The molecule has 0 heterocycles. The van der Waals surface area contributed by atoms with Gasteiger partial charge in [0.05, 0.1) is 16.6 Å². The van der Waals surface area contributed by atoms with Crippen LogP contribution < -0.4 is 0 Å². The van der Waals surface area contributed by atoms with Crippen molar-refractivity contribution in [3.8, 4) is 0 Å². The Morgan fingerprint density at radius 1 is 1.24 bits per heavy atom. The lowest BCUT2D eigenvalue weighted by Gasteiger charge is -2.14. The quantitative estimate of drug-likeness (QED) is 0.471. The zero-order valence-corrected chi connectivity index (χ0v) is 12.4. The van der Waals surface area contributed by atoms with Crippen LogP contribution in [0.5, 0.6) is 0 Å². The number of esters is 2. The first-order chi connectivity index (χ1) is 9.72. The standard InChI is InChI=1S/C13H14ClNO6/c1-7(2)20-12(16)8(3)21-13(17)9-4-5-10(14)11(6-9)15(18)19/h4-8H,1-3H3/t8-/m0/s1. The Morgan fingerprint density at radius 2 is 1.86 bits per heavy atom. The summed E-state index contributed by atoms with van der Waals surface area (Å²) in [6.07, 6.45) is -1.45. The van der Waals surface area contributed by atoms with E-state index in [0.717, 1.165) is 6.07 Å². The maximum Gasteiger partial charge on any atom is 0.347 e. The minimum Gasteiger partial charge on any atom is -0.460 e. The Bertz CT molecular complexity index is 572. The number of nitro benzene ring substituents is 1. The molecule has 1 atom stereocenters. The lowest BCUT2D eigenvalue weighted by molar-refractivity contribution is -0.384. The van der Waals surface area contributed by atoms with Gasteiger partial charge >= 0.3 is 11.9 Å². The van der Waals surface area contributed by atoms with Crippen molar-refractivity contribution < 1.29 is 24.0 Å². The van der Waals surface area contributed by atoms with Gasteiger partial charge in [0.25, 0.3) is 5.69 Å². The van der Waals surface area contributed by atoms with Gasteiger partial charge in [-0.15, -0.1) is 0 Å². The zero-order chi connectivity index (χ0) is 16.2. The van der Waals surface area contributed by atoms with Gasteiger partial charge in [0, 0.05) is 6.07 Å². The summed E-state index contributed by atoms with van der Waals surface area (Å²) in [5.41, 5.74) is -0.487. The van der Waals surface area contributed by atoms with Gasteiger partial charge in [-0.25, -0.2) is 9.59 Å². The summed E-state index contributed by atoms with van der Waals surface area (Å²) in [5.74, 6) is -1.57. The Morgan fingerprint density at radius 3 is 2.38 bits per heavy atom. The van der Waals surface area contributed by atoms with E-state index in [1.165, 1.54) is 19.1 Å². The van der Waals surface area contributed by atoms with Crippen molar-refractivity contribution in [3.05, 3.63) is 38.9 Å². The predicted molar refractivity (Wildman–Crippen MR) is 74.2 cm³/mol. The number of carbonyl (C=O) groups excluding carboxylic acids is 2. The predicted octanol–water partition coefficient (Wildman–Crippen LogP) is 2.75. The van der Waals surface area contributed by atoms with Crippen LogP contribution in [0.4, 0.5) is 5.69 Å². The van der Waals surface area contributed by atoms with Crippen LogP contribution in [0.15, 0.2) is 18.2 Å². The number of nitro groups is 1. The summed E-state index contributed by atoms with van der Waals surface area (Å²) in [4.78, 5) is 33.4. The van der Waals surface area contributed by atoms with Crippen LogP contribution in [-0.2, 0) is 14.3 Å². The maximum atomic E-state index is 11.8. The number of ether oxygens (including phenoxy) is 2. The van der Waals surface area contributed by atoms with Gasteiger partial charge in [-0.05, 0) is 32.9 Å². The van der Waals surface area contributed by atoms with Gasteiger partial charge in [-0.2, -0.15) is 0 Å². The van der Waals surface area contributed by atoms with Crippen LogP contribution in [0.1, 0.15) is 31.1 Å². The third-order valence-electron chi connectivity index (χ3n) is 2.35. The van der Waals surface area contributed by atoms with E-state index in [-0.39, 0.29) is 16.7 Å². The Kier molecular flexibility index (Phi) is 5.66. The number of hydrogen-bond donors (Lipinski definition) is 0. The molecule has 0 aliphatic rings. The molecular formula is C13H14ClNO6. The zero-order valence-electron chi connectivity index (χ0n) is 11.7. The molecule has 0 saturated carbocycles. The van der Waals surface area contributed by atoms with E-state index >= 15 is 0 Å². The molecule has 0 N–H and O–H groups in total. The lowest BCUT2D eigenvalue weighted by Crippen LogP contribution is -2.28. The molecule has 0 fully saturated rings. The molecule has 1 aromatic rings.